The maximum atomic E-state index is 12.6. The summed E-state index contributed by atoms with van der Waals surface area (Å²) < 4.78 is 0. The van der Waals surface area contributed by atoms with Gasteiger partial charge in [-0.2, -0.15) is 0 Å². The van der Waals surface area contributed by atoms with Crippen LogP contribution in [0.15, 0.2) is 66.7 Å². The normalized spacial score (nSPS) is 14.5. The summed E-state index contributed by atoms with van der Waals surface area (Å²) >= 11 is 0. The van der Waals surface area contributed by atoms with Gasteiger partial charge in [-0.05, 0) is 28.5 Å². The van der Waals surface area contributed by atoms with Crippen LogP contribution in [0, 0.1) is 0 Å². The molecule has 0 aromatic heterocycles. The number of nitrogens with zero attached hydrogens (tertiary/aromatic N) is 1. The lowest BCUT2D eigenvalue weighted by Crippen LogP contribution is -2.36. The van der Waals surface area contributed by atoms with Gasteiger partial charge >= 0.3 is 5.97 Å². The van der Waals surface area contributed by atoms with Gasteiger partial charge < -0.3 is 5.11 Å². The third kappa shape index (κ3) is 2.45. The van der Waals surface area contributed by atoms with Gasteiger partial charge in [0.1, 0.15) is 5.92 Å². The highest BCUT2D eigenvalue weighted by atomic mass is 16.4. The van der Waals surface area contributed by atoms with Gasteiger partial charge in [0.05, 0.1) is 11.1 Å². The van der Waals surface area contributed by atoms with Crippen LogP contribution in [-0.4, -0.2) is 34.3 Å². The largest absolute Gasteiger partial charge is 0.481 e. The number of carboxylic acids is 1. The van der Waals surface area contributed by atoms with Crippen LogP contribution >= 0.6 is 0 Å². The van der Waals surface area contributed by atoms with Crippen molar-refractivity contribution in [3.05, 3.63) is 83.4 Å². The molecule has 1 N–H and O–H groups in total. The molecule has 0 radical (unpaired) electrons. The molecule has 1 unspecified atom stereocenters. The summed E-state index contributed by atoms with van der Waals surface area (Å²) in [6.07, 6.45) is 0. The van der Waals surface area contributed by atoms with E-state index in [4.69, 9.17) is 0 Å². The Bertz CT molecular complexity index is 1020. The topological polar surface area (TPSA) is 74.7 Å². The minimum atomic E-state index is -1.07. The van der Waals surface area contributed by atoms with Crippen molar-refractivity contribution in [3.8, 4) is 0 Å². The van der Waals surface area contributed by atoms with Crippen molar-refractivity contribution >= 4 is 28.6 Å². The van der Waals surface area contributed by atoms with Crippen LogP contribution in [0.25, 0.3) is 10.8 Å². The van der Waals surface area contributed by atoms with Crippen LogP contribution in [0.3, 0.4) is 0 Å². The molecule has 1 atom stereocenters. The van der Waals surface area contributed by atoms with Crippen molar-refractivity contribution in [1.82, 2.24) is 4.90 Å². The molecule has 0 saturated carbocycles. The van der Waals surface area contributed by atoms with Crippen LogP contribution in [0.1, 0.15) is 32.2 Å². The summed E-state index contributed by atoms with van der Waals surface area (Å²) in [6, 6.07) is 19.4. The molecule has 3 aromatic carbocycles. The predicted molar refractivity (Wildman–Crippen MR) is 96.1 cm³/mol. The van der Waals surface area contributed by atoms with Gasteiger partial charge in [0.2, 0.25) is 0 Å². The zero-order valence-electron chi connectivity index (χ0n) is 13.8. The molecule has 1 heterocycles. The fourth-order valence-corrected chi connectivity index (χ4v) is 3.45. The molecule has 1 aliphatic heterocycles. The first kappa shape index (κ1) is 16.0. The van der Waals surface area contributed by atoms with Gasteiger partial charge in [-0.25, -0.2) is 0 Å². The second kappa shape index (κ2) is 6.11. The molecular formula is C21H15NO4. The fourth-order valence-electron chi connectivity index (χ4n) is 3.45. The maximum absolute atomic E-state index is 12.6. The molecule has 0 aliphatic carbocycles. The van der Waals surface area contributed by atoms with Crippen LogP contribution < -0.4 is 0 Å². The quantitative estimate of drug-likeness (QED) is 0.736. The van der Waals surface area contributed by atoms with E-state index in [9.17, 15) is 19.5 Å². The standard InChI is InChI=1S/C21H15NO4/c23-19-16-9-3-4-10-17(16)20(24)22(19)12-18(21(25)26)15-11-5-7-13-6-1-2-8-14(13)15/h1-11,18H,12H2,(H,25,26). The molecular weight excluding hydrogens is 330 g/mol. The van der Waals surface area contributed by atoms with E-state index in [1.165, 1.54) is 0 Å². The number of imide groups is 1. The second-order valence-electron chi connectivity index (χ2n) is 6.23. The van der Waals surface area contributed by atoms with Gasteiger partial charge in [0.25, 0.3) is 11.8 Å². The van der Waals surface area contributed by atoms with Crippen molar-refractivity contribution in [1.29, 1.82) is 0 Å². The highest BCUT2D eigenvalue weighted by molar-refractivity contribution is 6.21. The minimum absolute atomic E-state index is 0.199. The van der Waals surface area contributed by atoms with E-state index in [0.29, 0.717) is 16.7 Å². The highest BCUT2D eigenvalue weighted by Gasteiger charge is 2.38. The zero-order valence-corrected chi connectivity index (χ0v) is 13.8. The van der Waals surface area contributed by atoms with E-state index in [1.54, 1.807) is 36.4 Å². The fraction of sp³-hybridized carbons (Fsp3) is 0.0952. The van der Waals surface area contributed by atoms with Crippen LogP contribution in [0.5, 0.6) is 0 Å². The molecule has 3 aromatic rings. The lowest BCUT2D eigenvalue weighted by Gasteiger charge is -2.21. The number of benzene rings is 3. The third-order valence-electron chi connectivity index (χ3n) is 4.74. The second-order valence-corrected chi connectivity index (χ2v) is 6.23. The van der Waals surface area contributed by atoms with Crippen molar-refractivity contribution in [3.63, 3.8) is 0 Å². The Morgan fingerprint density at radius 3 is 2.08 bits per heavy atom. The molecule has 1 aliphatic rings. The number of aliphatic carboxylic acids is 1. The Hall–Kier alpha value is -3.47. The van der Waals surface area contributed by atoms with E-state index < -0.39 is 23.7 Å². The molecule has 4 rings (SSSR count). The number of hydrogen-bond acceptors (Lipinski definition) is 3. The summed E-state index contributed by atoms with van der Waals surface area (Å²) in [6.45, 7) is -0.199. The third-order valence-corrected chi connectivity index (χ3v) is 4.74. The summed E-state index contributed by atoms with van der Waals surface area (Å²) in [4.78, 5) is 38.1. The molecule has 128 valence electrons. The van der Waals surface area contributed by atoms with Gasteiger partial charge in [0.15, 0.2) is 0 Å². The summed E-state index contributed by atoms with van der Waals surface area (Å²) in [7, 11) is 0. The molecule has 26 heavy (non-hydrogen) atoms. The number of amides is 2. The van der Waals surface area contributed by atoms with Crippen LogP contribution in [0.2, 0.25) is 0 Å². The number of carbonyl (C=O) groups excluding carboxylic acids is 2. The zero-order chi connectivity index (χ0) is 18.3. The predicted octanol–water partition coefficient (Wildman–Crippen LogP) is 3.30. The Kier molecular flexibility index (Phi) is 3.77. The minimum Gasteiger partial charge on any atom is -0.481 e. The summed E-state index contributed by atoms with van der Waals surface area (Å²) in [5.74, 6) is -2.96. The summed E-state index contributed by atoms with van der Waals surface area (Å²) in [5.41, 5.74) is 1.23. The lowest BCUT2D eigenvalue weighted by atomic mass is 9.93. The highest BCUT2D eigenvalue weighted by Crippen LogP contribution is 2.30. The van der Waals surface area contributed by atoms with E-state index >= 15 is 0 Å². The van der Waals surface area contributed by atoms with Gasteiger partial charge in [-0.3, -0.25) is 19.3 Å². The smallest absolute Gasteiger partial charge is 0.312 e. The van der Waals surface area contributed by atoms with Crippen molar-refractivity contribution in [2.45, 2.75) is 5.92 Å². The molecule has 5 heteroatoms. The molecule has 5 nitrogen and oxygen atoms in total. The average molecular weight is 345 g/mol. The van der Waals surface area contributed by atoms with Gasteiger partial charge in [-0.15, -0.1) is 0 Å². The number of carbonyl (C=O) groups is 3. The van der Waals surface area contributed by atoms with E-state index in [1.807, 2.05) is 30.3 Å². The Balaban J connectivity index is 1.74. The Morgan fingerprint density at radius 1 is 0.846 bits per heavy atom. The van der Waals surface area contributed by atoms with Crippen molar-refractivity contribution < 1.29 is 19.5 Å². The first-order valence-electron chi connectivity index (χ1n) is 8.23. The molecule has 0 fully saturated rings. The summed E-state index contributed by atoms with van der Waals surface area (Å²) in [5, 5.41) is 11.5. The first-order valence-corrected chi connectivity index (χ1v) is 8.23. The van der Waals surface area contributed by atoms with Crippen molar-refractivity contribution in [2.75, 3.05) is 6.54 Å². The van der Waals surface area contributed by atoms with Crippen LogP contribution in [-0.2, 0) is 4.79 Å². The number of hydrogen-bond donors (Lipinski definition) is 1. The number of rotatable bonds is 4. The van der Waals surface area contributed by atoms with Gasteiger partial charge in [-0.1, -0.05) is 54.6 Å². The van der Waals surface area contributed by atoms with E-state index in [2.05, 4.69) is 0 Å². The van der Waals surface area contributed by atoms with E-state index in [0.717, 1.165) is 15.7 Å². The Morgan fingerprint density at radius 2 is 1.42 bits per heavy atom. The molecule has 0 bridgehead atoms. The first-order chi connectivity index (χ1) is 12.6. The van der Waals surface area contributed by atoms with Gasteiger partial charge in [0, 0.05) is 6.54 Å². The molecule has 2 amide bonds. The SMILES string of the molecule is O=C(O)C(CN1C(=O)c2ccccc2C1=O)c1cccc2ccccc12. The number of fused-ring (bicyclic) bond motifs is 2. The maximum Gasteiger partial charge on any atom is 0.312 e. The molecule has 0 spiro atoms. The Labute approximate surface area is 149 Å². The molecule has 0 saturated heterocycles. The lowest BCUT2D eigenvalue weighted by molar-refractivity contribution is -0.138. The van der Waals surface area contributed by atoms with Crippen molar-refractivity contribution in [2.24, 2.45) is 0 Å². The average Bonchev–Trinajstić information content (AvgIpc) is 2.90. The van der Waals surface area contributed by atoms with Crippen LogP contribution in [0.4, 0.5) is 0 Å². The van der Waals surface area contributed by atoms with E-state index in [-0.39, 0.29) is 6.54 Å². The monoisotopic (exact) mass is 345 g/mol. The number of carboxylic acid groups (broad SMARTS) is 1.